The number of urea groups is 1. The first-order valence-corrected chi connectivity index (χ1v) is 7.50. The lowest BCUT2D eigenvalue weighted by atomic mass is 10.0. The molecule has 0 saturated heterocycles. The van der Waals surface area contributed by atoms with Gasteiger partial charge in [-0.05, 0) is 53.1 Å². The summed E-state index contributed by atoms with van der Waals surface area (Å²) >= 11 is 8.10. The van der Waals surface area contributed by atoms with Crippen molar-refractivity contribution >= 4 is 51.9 Å². The van der Waals surface area contributed by atoms with Gasteiger partial charge in [0.1, 0.15) is 6.04 Å². The molecule has 0 aliphatic carbocycles. The van der Waals surface area contributed by atoms with Crippen molar-refractivity contribution in [3.8, 4) is 0 Å². The smallest absolute Gasteiger partial charge is 0.326 e. The van der Waals surface area contributed by atoms with Crippen molar-refractivity contribution in [2.75, 3.05) is 5.32 Å². The topological polar surface area (TPSA) is 78.4 Å². The fraction of sp³-hybridized carbons (Fsp3) is 0.385. The number of hydrogen-bond acceptors (Lipinski definition) is 2. The molecule has 7 heteroatoms. The van der Waals surface area contributed by atoms with Crippen LogP contribution in [0.25, 0.3) is 0 Å². The largest absolute Gasteiger partial charge is 0.480 e. The molecule has 0 radical (unpaired) electrons. The first-order valence-electron chi connectivity index (χ1n) is 6.05. The van der Waals surface area contributed by atoms with E-state index in [0.29, 0.717) is 17.1 Å². The maximum absolute atomic E-state index is 11.8. The van der Waals surface area contributed by atoms with Crippen LogP contribution in [-0.4, -0.2) is 23.1 Å². The molecule has 0 aliphatic rings. The summed E-state index contributed by atoms with van der Waals surface area (Å²) in [6, 6.07) is 3.67. The van der Waals surface area contributed by atoms with Gasteiger partial charge >= 0.3 is 12.0 Å². The molecule has 0 fully saturated rings. The highest BCUT2D eigenvalue weighted by molar-refractivity contribution is 14.1. The molecule has 3 N–H and O–H groups in total. The average molecular weight is 411 g/mol. The number of carbonyl (C=O) groups excluding carboxylic acids is 1. The van der Waals surface area contributed by atoms with Gasteiger partial charge in [0.05, 0.1) is 10.7 Å². The molecule has 110 valence electrons. The summed E-state index contributed by atoms with van der Waals surface area (Å²) in [5.74, 6) is -0.888. The number of anilines is 1. The van der Waals surface area contributed by atoms with E-state index in [-0.39, 0.29) is 5.92 Å². The monoisotopic (exact) mass is 410 g/mol. The molecule has 2 amide bonds. The van der Waals surface area contributed by atoms with Gasteiger partial charge in [-0.25, -0.2) is 9.59 Å². The molecule has 0 heterocycles. The van der Waals surface area contributed by atoms with Crippen molar-refractivity contribution in [1.29, 1.82) is 0 Å². The van der Waals surface area contributed by atoms with Gasteiger partial charge in [0, 0.05) is 3.57 Å². The van der Waals surface area contributed by atoms with Gasteiger partial charge in [-0.2, -0.15) is 0 Å². The first kappa shape index (κ1) is 17.0. The first-order chi connectivity index (χ1) is 9.29. The van der Waals surface area contributed by atoms with Crippen LogP contribution in [-0.2, 0) is 4.79 Å². The van der Waals surface area contributed by atoms with Gasteiger partial charge in [0.25, 0.3) is 0 Å². The molecule has 0 saturated carbocycles. The normalized spacial score (nSPS) is 12.1. The zero-order chi connectivity index (χ0) is 15.3. The van der Waals surface area contributed by atoms with E-state index in [9.17, 15) is 9.59 Å². The second kappa shape index (κ2) is 7.68. The zero-order valence-electron chi connectivity index (χ0n) is 11.1. The number of nitrogens with one attached hydrogen (secondary N) is 2. The molecule has 0 unspecified atom stereocenters. The third kappa shape index (κ3) is 5.54. The van der Waals surface area contributed by atoms with Gasteiger partial charge < -0.3 is 15.7 Å². The van der Waals surface area contributed by atoms with Crippen molar-refractivity contribution in [2.45, 2.75) is 26.3 Å². The summed E-state index contributed by atoms with van der Waals surface area (Å²) in [7, 11) is 0. The molecule has 1 aromatic carbocycles. The van der Waals surface area contributed by atoms with Gasteiger partial charge in [0.15, 0.2) is 0 Å². The summed E-state index contributed by atoms with van der Waals surface area (Å²) in [6.07, 6.45) is 0.364. The minimum absolute atomic E-state index is 0.165. The Morgan fingerprint density at radius 2 is 2.05 bits per heavy atom. The molecule has 1 aromatic rings. The number of halogens is 2. The van der Waals surface area contributed by atoms with Gasteiger partial charge in [-0.3, -0.25) is 0 Å². The van der Waals surface area contributed by atoms with Crippen LogP contribution < -0.4 is 10.6 Å². The van der Waals surface area contributed by atoms with Crippen LogP contribution in [0.2, 0.25) is 5.02 Å². The minimum atomic E-state index is -1.05. The number of benzene rings is 1. The van der Waals surface area contributed by atoms with Gasteiger partial charge in [-0.1, -0.05) is 25.4 Å². The van der Waals surface area contributed by atoms with E-state index in [1.807, 2.05) is 13.8 Å². The van der Waals surface area contributed by atoms with Crippen molar-refractivity contribution in [2.24, 2.45) is 5.92 Å². The predicted molar refractivity (Wildman–Crippen MR) is 87.2 cm³/mol. The summed E-state index contributed by atoms with van der Waals surface area (Å²) in [4.78, 5) is 22.9. The minimum Gasteiger partial charge on any atom is -0.480 e. The van der Waals surface area contributed by atoms with Crippen molar-refractivity contribution in [3.05, 3.63) is 26.8 Å². The van der Waals surface area contributed by atoms with Crippen LogP contribution in [0.15, 0.2) is 18.2 Å². The van der Waals surface area contributed by atoms with E-state index < -0.39 is 18.0 Å². The summed E-state index contributed by atoms with van der Waals surface area (Å²) in [5.41, 5.74) is 0.443. The van der Waals surface area contributed by atoms with Crippen LogP contribution in [0.3, 0.4) is 0 Å². The molecular formula is C13H16ClIN2O3. The van der Waals surface area contributed by atoms with E-state index in [4.69, 9.17) is 16.7 Å². The Bertz CT molecular complexity index is 508. The van der Waals surface area contributed by atoms with Crippen LogP contribution in [0.5, 0.6) is 0 Å². The van der Waals surface area contributed by atoms with Crippen LogP contribution >= 0.6 is 34.2 Å². The van der Waals surface area contributed by atoms with E-state index >= 15 is 0 Å². The molecule has 1 rings (SSSR count). The Morgan fingerprint density at radius 1 is 1.40 bits per heavy atom. The molecule has 0 aliphatic heterocycles. The average Bonchev–Trinajstić information content (AvgIpc) is 2.31. The van der Waals surface area contributed by atoms with E-state index in [1.165, 1.54) is 0 Å². The van der Waals surface area contributed by atoms with Gasteiger partial charge in [-0.15, -0.1) is 0 Å². The van der Waals surface area contributed by atoms with Crippen molar-refractivity contribution < 1.29 is 14.7 Å². The van der Waals surface area contributed by atoms with E-state index in [0.717, 1.165) is 3.57 Å². The lowest BCUT2D eigenvalue weighted by molar-refractivity contribution is -0.139. The van der Waals surface area contributed by atoms with Gasteiger partial charge in [0.2, 0.25) is 0 Å². The quantitative estimate of drug-likeness (QED) is 0.650. The van der Waals surface area contributed by atoms with Crippen molar-refractivity contribution in [1.82, 2.24) is 5.32 Å². The number of hydrogen-bond donors (Lipinski definition) is 3. The Balaban J connectivity index is 2.68. The Labute approximate surface area is 136 Å². The fourth-order valence-corrected chi connectivity index (χ4v) is 2.50. The lowest BCUT2D eigenvalue weighted by Crippen LogP contribution is -2.43. The second-order valence-corrected chi connectivity index (χ2v) is 6.40. The number of carbonyl (C=O) groups is 2. The second-order valence-electron chi connectivity index (χ2n) is 4.74. The van der Waals surface area contributed by atoms with Crippen LogP contribution in [0.4, 0.5) is 10.5 Å². The highest BCUT2D eigenvalue weighted by Crippen LogP contribution is 2.23. The Morgan fingerprint density at radius 3 is 2.55 bits per heavy atom. The molecular weight excluding hydrogens is 395 g/mol. The standard InChI is InChI=1S/C13H16ClIN2O3/c1-7(2)5-11(12(18)19)17-13(20)16-10-4-3-8(15)6-9(10)14/h3-4,6-7,11H,5H2,1-2H3,(H,18,19)(H2,16,17,20)/t11-/m0/s1. The maximum Gasteiger partial charge on any atom is 0.326 e. The maximum atomic E-state index is 11.8. The number of aliphatic carboxylic acids is 1. The third-order valence-corrected chi connectivity index (χ3v) is 3.47. The number of carboxylic acids is 1. The number of rotatable bonds is 5. The van der Waals surface area contributed by atoms with Crippen LogP contribution in [0.1, 0.15) is 20.3 Å². The molecule has 0 aromatic heterocycles. The summed E-state index contributed by atoms with van der Waals surface area (Å²) in [6.45, 7) is 3.79. The summed E-state index contributed by atoms with van der Waals surface area (Å²) in [5, 5.41) is 14.4. The molecule has 1 atom stereocenters. The SMILES string of the molecule is CC(C)C[C@H](NC(=O)Nc1ccc(I)cc1Cl)C(=O)O. The lowest BCUT2D eigenvalue weighted by Gasteiger charge is -2.17. The van der Waals surface area contributed by atoms with E-state index in [1.54, 1.807) is 18.2 Å². The molecule has 0 spiro atoms. The van der Waals surface area contributed by atoms with Crippen LogP contribution in [0, 0.1) is 9.49 Å². The number of amides is 2. The Hall–Kier alpha value is -1.02. The fourth-order valence-electron chi connectivity index (χ4n) is 1.60. The highest BCUT2D eigenvalue weighted by atomic mass is 127. The molecule has 20 heavy (non-hydrogen) atoms. The zero-order valence-corrected chi connectivity index (χ0v) is 14.0. The summed E-state index contributed by atoms with van der Waals surface area (Å²) < 4.78 is 0.946. The third-order valence-electron chi connectivity index (χ3n) is 2.49. The number of carboxylic acid groups (broad SMARTS) is 1. The highest BCUT2D eigenvalue weighted by Gasteiger charge is 2.21. The molecule has 5 nitrogen and oxygen atoms in total. The Kier molecular flexibility index (Phi) is 6.54. The van der Waals surface area contributed by atoms with E-state index in [2.05, 4.69) is 33.2 Å². The van der Waals surface area contributed by atoms with Crippen molar-refractivity contribution in [3.63, 3.8) is 0 Å². The molecule has 0 bridgehead atoms. The predicted octanol–water partition coefficient (Wildman–Crippen LogP) is 3.57.